The van der Waals surface area contributed by atoms with Crippen LogP contribution >= 0.6 is 0 Å². The number of rotatable bonds is 2. The number of hydrogen-bond acceptors (Lipinski definition) is 2. The molecule has 0 aromatic heterocycles. The fraction of sp³-hybridized carbons (Fsp3) is 0.455. The second-order valence-corrected chi connectivity index (χ2v) is 3.86. The van der Waals surface area contributed by atoms with Crippen LogP contribution in [0.1, 0.15) is 27.2 Å². The molecule has 0 saturated heterocycles. The first-order chi connectivity index (χ1) is 6.43. The molecule has 0 heterocycles. The maximum absolute atomic E-state index is 11.1. The van der Waals surface area contributed by atoms with Crippen molar-refractivity contribution in [2.45, 2.75) is 32.7 Å². The van der Waals surface area contributed by atoms with Crippen LogP contribution in [0, 0.1) is 0 Å². The van der Waals surface area contributed by atoms with Gasteiger partial charge in [0.25, 0.3) is 0 Å². The summed E-state index contributed by atoms with van der Waals surface area (Å²) in [4.78, 5) is 22.1. The molecule has 3 heteroatoms. The van der Waals surface area contributed by atoms with Crippen LogP contribution in [0.15, 0.2) is 23.8 Å². The molecule has 1 rings (SSSR count). The fourth-order valence-electron chi connectivity index (χ4n) is 1.59. The maximum atomic E-state index is 11.1. The first-order valence-electron chi connectivity index (χ1n) is 4.62. The number of nitrogens with one attached hydrogen (secondary N) is 1. The van der Waals surface area contributed by atoms with Crippen LogP contribution in [0.25, 0.3) is 0 Å². The van der Waals surface area contributed by atoms with Crippen LogP contribution in [0.3, 0.4) is 0 Å². The lowest BCUT2D eigenvalue weighted by Crippen LogP contribution is -2.44. The highest BCUT2D eigenvalue weighted by Crippen LogP contribution is 2.21. The first kappa shape index (κ1) is 10.7. The van der Waals surface area contributed by atoms with E-state index in [9.17, 15) is 9.59 Å². The summed E-state index contributed by atoms with van der Waals surface area (Å²) in [5.74, 6) is -0.0560. The van der Waals surface area contributed by atoms with Gasteiger partial charge in [0.1, 0.15) is 0 Å². The van der Waals surface area contributed by atoms with Gasteiger partial charge in [0.05, 0.1) is 5.54 Å². The molecule has 76 valence electrons. The number of carbonyl (C=O) groups is 2. The van der Waals surface area contributed by atoms with Gasteiger partial charge in [-0.15, -0.1) is 0 Å². The molecule has 1 aliphatic rings. The Labute approximate surface area is 83.9 Å². The average Bonchev–Trinajstić information content (AvgIpc) is 2.01. The lowest BCUT2D eigenvalue weighted by molar-refractivity contribution is -0.120. The number of allylic oxidation sites excluding steroid dienone is 2. The summed E-state index contributed by atoms with van der Waals surface area (Å²) < 4.78 is 0. The number of Topliss-reactive ketones (excluding diaryl/α,β-unsaturated/α-hetero) is 1. The van der Waals surface area contributed by atoms with Crippen LogP contribution in [-0.4, -0.2) is 17.2 Å². The Bertz CT molecular complexity index is 328. The second-order valence-electron chi connectivity index (χ2n) is 3.86. The third-order valence-electron chi connectivity index (χ3n) is 2.18. The summed E-state index contributed by atoms with van der Waals surface area (Å²) in [6.07, 6.45) is 6.25. The van der Waals surface area contributed by atoms with Gasteiger partial charge in [-0.2, -0.15) is 0 Å². The van der Waals surface area contributed by atoms with Gasteiger partial charge >= 0.3 is 0 Å². The van der Waals surface area contributed by atoms with E-state index in [1.807, 2.05) is 19.1 Å². The molecule has 1 atom stereocenters. The van der Waals surface area contributed by atoms with E-state index in [0.717, 1.165) is 6.42 Å². The van der Waals surface area contributed by atoms with E-state index < -0.39 is 5.54 Å². The van der Waals surface area contributed by atoms with Crippen LogP contribution < -0.4 is 5.32 Å². The van der Waals surface area contributed by atoms with Crippen LogP contribution in [0.2, 0.25) is 0 Å². The summed E-state index contributed by atoms with van der Waals surface area (Å²) in [6.45, 7) is 4.90. The number of ketones is 1. The van der Waals surface area contributed by atoms with Gasteiger partial charge in [-0.25, -0.2) is 0 Å². The third kappa shape index (κ3) is 2.55. The predicted octanol–water partition coefficient (Wildman–Crippen LogP) is 1.36. The molecule has 1 amide bonds. The van der Waals surface area contributed by atoms with Crippen molar-refractivity contribution in [2.75, 3.05) is 0 Å². The topological polar surface area (TPSA) is 46.2 Å². The summed E-state index contributed by atoms with van der Waals surface area (Å²) in [6, 6.07) is 0. The summed E-state index contributed by atoms with van der Waals surface area (Å²) in [7, 11) is 0. The normalized spacial score (nSPS) is 25.5. The molecule has 14 heavy (non-hydrogen) atoms. The van der Waals surface area contributed by atoms with Gasteiger partial charge in [0.15, 0.2) is 5.78 Å². The zero-order valence-electron chi connectivity index (χ0n) is 8.76. The molecular weight excluding hydrogens is 178 g/mol. The van der Waals surface area contributed by atoms with Gasteiger partial charge in [-0.1, -0.05) is 12.2 Å². The van der Waals surface area contributed by atoms with E-state index in [2.05, 4.69) is 5.32 Å². The Hall–Kier alpha value is -1.38. The Balaban J connectivity index is 2.88. The monoisotopic (exact) mass is 193 g/mol. The highest BCUT2D eigenvalue weighted by Gasteiger charge is 2.24. The minimum atomic E-state index is -0.415. The van der Waals surface area contributed by atoms with Crippen molar-refractivity contribution in [1.82, 2.24) is 5.32 Å². The Morgan fingerprint density at radius 1 is 1.43 bits per heavy atom. The maximum Gasteiger partial charge on any atom is 0.217 e. The van der Waals surface area contributed by atoms with Gasteiger partial charge in [0.2, 0.25) is 5.91 Å². The Kier molecular flexibility index (Phi) is 2.89. The van der Waals surface area contributed by atoms with E-state index >= 15 is 0 Å². The molecule has 3 nitrogen and oxygen atoms in total. The van der Waals surface area contributed by atoms with E-state index in [-0.39, 0.29) is 11.7 Å². The quantitative estimate of drug-likeness (QED) is 0.719. The molecule has 0 aromatic rings. The SMILES string of the molecule is CC(=O)NC1(C)C=C(C(C)=O)C=CC1. The number of carbonyl (C=O) groups excluding carboxylic acids is 2. The second kappa shape index (κ2) is 3.78. The molecule has 1 aliphatic carbocycles. The molecule has 0 aromatic carbocycles. The van der Waals surface area contributed by atoms with Crippen molar-refractivity contribution < 1.29 is 9.59 Å². The first-order valence-corrected chi connectivity index (χ1v) is 4.62. The zero-order valence-corrected chi connectivity index (χ0v) is 8.76. The predicted molar refractivity (Wildman–Crippen MR) is 54.7 cm³/mol. The van der Waals surface area contributed by atoms with Crippen molar-refractivity contribution in [3.8, 4) is 0 Å². The van der Waals surface area contributed by atoms with Crippen molar-refractivity contribution in [3.63, 3.8) is 0 Å². The molecule has 0 bridgehead atoms. The fourth-order valence-corrected chi connectivity index (χ4v) is 1.59. The van der Waals surface area contributed by atoms with E-state index in [4.69, 9.17) is 0 Å². The van der Waals surface area contributed by atoms with Crippen molar-refractivity contribution in [3.05, 3.63) is 23.8 Å². The van der Waals surface area contributed by atoms with Gasteiger partial charge < -0.3 is 5.32 Å². The molecule has 1 N–H and O–H groups in total. The highest BCUT2D eigenvalue weighted by molar-refractivity contribution is 5.96. The largest absolute Gasteiger partial charge is 0.347 e. The molecule has 0 saturated carbocycles. The van der Waals surface area contributed by atoms with Crippen molar-refractivity contribution >= 4 is 11.7 Å². The number of amides is 1. The summed E-state index contributed by atoms with van der Waals surface area (Å²) in [5.41, 5.74) is 0.245. The lowest BCUT2D eigenvalue weighted by Gasteiger charge is -2.28. The minimum absolute atomic E-state index is 0.0255. The van der Waals surface area contributed by atoms with E-state index in [1.165, 1.54) is 13.8 Å². The van der Waals surface area contributed by atoms with E-state index in [1.54, 1.807) is 6.08 Å². The molecule has 0 aliphatic heterocycles. The lowest BCUT2D eigenvalue weighted by atomic mass is 9.88. The van der Waals surface area contributed by atoms with Crippen LogP contribution in [0.4, 0.5) is 0 Å². The Morgan fingerprint density at radius 3 is 2.57 bits per heavy atom. The van der Waals surface area contributed by atoms with Gasteiger partial charge in [0, 0.05) is 12.5 Å². The Morgan fingerprint density at radius 2 is 2.07 bits per heavy atom. The molecule has 0 spiro atoms. The van der Waals surface area contributed by atoms with Crippen LogP contribution in [-0.2, 0) is 9.59 Å². The molecular formula is C11H15NO2. The minimum Gasteiger partial charge on any atom is -0.347 e. The van der Waals surface area contributed by atoms with Gasteiger partial charge in [-0.3, -0.25) is 9.59 Å². The molecule has 1 unspecified atom stereocenters. The van der Waals surface area contributed by atoms with Crippen molar-refractivity contribution in [1.29, 1.82) is 0 Å². The summed E-state index contributed by atoms with van der Waals surface area (Å²) in [5, 5.41) is 2.82. The highest BCUT2D eigenvalue weighted by atomic mass is 16.1. The molecule has 0 fully saturated rings. The summed E-state index contributed by atoms with van der Waals surface area (Å²) >= 11 is 0. The smallest absolute Gasteiger partial charge is 0.217 e. The zero-order chi connectivity index (χ0) is 10.8. The third-order valence-corrected chi connectivity index (χ3v) is 2.18. The average molecular weight is 193 g/mol. The number of hydrogen-bond donors (Lipinski definition) is 1. The van der Waals surface area contributed by atoms with E-state index in [0.29, 0.717) is 5.57 Å². The van der Waals surface area contributed by atoms with Crippen molar-refractivity contribution in [2.24, 2.45) is 0 Å². The molecule has 0 radical (unpaired) electrons. The standard InChI is InChI=1S/C11H15NO2/c1-8(13)10-5-4-6-11(3,7-10)12-9(2)14/h4-5,7H,6H2,1-3H3,(H,12,14). The van der Waals surface area contributed by atoms with Gasteiger partial charge in [-0.05, 0) is 26.3 Å². The van der Waals surface area contributed by atoms with Crippen LogP contribution in [0.5, 0.6) is 0 Å².